The number of aryl methyl sites for hydroxylation is 1. The van der Waals surface area contributed by atoms with E-state index >= 15 is 0 Å². The topological polar surface area (TPSA) is 64.5 Å². The first-order valence-electron chi connectivity index (χ1n) is 7.75. The standard InChI is InChI=1S/C17H18BrN3O3S/c1-11-5-6-19-17(20-11)24-10-15(22)21-7-8-25-16(21)12-3-4-14(23-2)13(18)9-12/h3-6,9,16H,7-8,10H2,1-2H3. The molecular formula is C17H18BrN3O3S. The smallest absolute Gasteiger partial charge is 0.317 e. The van der Waals surface area contributed by atoms with Crippen LogP contribution in [0.4, 0.5) is 0 Å². The number of nitrogens with zero attached hydrogens (tertiary/aromatic N) is 3. The summed E-state index contributed by atoms with van der Waals surface area (Å²) in [6.45, 7) is 2.47. The fraction of sp³-hybridized carbons (Fsp3) is 0.353. The summed E-state index contributed by atoms with van der Waals surface area (Å²) in [5.41, 5.74) is 1.85. The number of aromatic nitrogens is 2. The Morgan fingerprint density at radius 1 is 1.44 bits per heavy atom. The fourth-order valence-electron chi connectivity index (χ4n) is 2.54. The van der Waals surface area contributed by atoms with Gasteiger partial charge >= 0.3 is 6.01 Å². The number of ether oxygens (including phenoxy) is 2. The van der Waals surface area contributed by atoms with Crippen LogP contribution in [0.25, 0.3) is 0 Å². The molecule has 1 unspecified atom stereocenters. The van der Waals surface area contributed by atoms with E-state index in [1.54, 1.807) is 31.1 Å². The van der Waals surface area contributed by atoms with Crippen molar-refractivity contribution in [3.8, 4) is 11.8 Å². The summed E-state index contributed by atoms with van der Waals surface area (Å²) in [6, 6.07) is 7.88. The van der Waals surface area contributed by atoms with Crippen molar-refractivity contribution in [2.45, 2.75) is 12.3 Å². The molecule has 0 spiro atoms. The van der Waals surface area contributed by atoms with Gasteiger partial charge in [0.15, 0.2) is 6.61 Å². The van der Waals surface area contributed by atoms with Gasteiger partial charge in [-0.05, 0) is 46.6 Å². The average Bonchev–Trinajstić information content (AvgIpc) is 3.09. The Hall–Kier alpha value is -1.80. The van der Waals surface area contributed by atoms with Crippen molar-refractivity contribution < 1.29 is 14.3 Å². The minimum atomic E-state index is -0.0768. The van der Waals surface area contributed by atoms with Gasteiger partial charge in [-0.25, -0.2) is 9.97 Å². The van der Waals surface area contributed by atoms with E-state index in [-0.39, 0.29) is 23.9 Å². The van der Waals surface area contributed by atoms with Crippen LogP contribution in [0, 0.1) is 6.92 Å². The second-order valence-electron chi connectivity index (χ2n) is 5.47. The molecule has 1 aliphatic rings. The normalized spacial score (nSPS) is 16.8. The molecule has 8 heteroatoms. The minimum Gasteiger partial charge on any atom is -0.496 e. The lowest BCUT2D eigenvalue weighted by atomic mass is 10.2. The van der Waals surface area contributed by atoms with Crippen molar-refractivity contribution >= 4 is 33.6 Å². The molecule has 3 rings (SSSR count). The molecule has 25 heavy (non-hydrogen) atoms. The molecule has 0 saturated carbocycles. The third kappa shape index (κ3) is 4.24. The van der Waals surface area contributed by atoms with Crippen LogP contribution in [0.2, 0.25) is 0 Å². The van der Waals surface area contributed by atoms with E-state index in [4.69, 9.17) is 9.47 Å². The molecule has 1 atom stereocenters. The van der Waals surface area contributed by atoms with Gasteiger partial charge in [-0.1, -0.05) is 6.07 Å². The molecule has 0 N–H and O–H groups in total. The maximum absolute atomic E-state index is 12.6. The zero-order valence-electron chi connectivity index (χ0n) is 13.9. The summed E-state index contributed by atoms with van der Waals surface area (Å²) in [7, 11) is 1.63. The van der Waals surface area contributed by atoms with Crippen LogP contribution >= 0.6 is 27.7 Å². The predicted molar refractivity (Wildman–Crippen MR) is 99.9 cm³/mol. The SMILES string of the molecule is COc1ccc(C2SCCN2C(=O)COc2nccc(C)n2)cc1Br. The molecule has 132 valence electrons. The number of carbonyl (C=O) groups is 1. The monoisotopic (exact) mass is 423 g/mol. The van der Waals surface area contributed by atoms with E-state index in [0.29, 0.717) is 6.54 Å². The molecule has 1 amide bonds. The van der Waals surface area contributed by atoms with E-state index in [1.165, 1.54) is 0 Å². The Kier molecular flexibility index (Phi) is 5.80. The first-order chi connectivity index (χ1) is 12.1. The quantitative estimate of drug-likeness (QED) is 0.735. The molecule has 2 aromatic rings. The van der Waals surface area contributed by atoms with Crippen LogP contribution in [0.3, 0.4) is 0 Å². The predicted octanol–water partition coefficient (Wildman–Crippen LogP) is 3.21. The third-order valence-electron chi connectivity index (χ3n) is 3.77. The van der Waals surface area contributed by atoms with Crippen molar-refractivity contribution in [1.29, 1.82) is 0 Å². The number of thioether (sulfide) groups is 1. The lowest BCUT2D eigenvalue weighted by Gasteiger charge is -2.24. The number of amides is 1. The summed E-state index contributed by atoms with van der Waals surface area (Å²) in [6.07, 6.45) is 1.62. The first kappa shape index (κ1) is 18.0. The van der Waals surface area contributed by atoms with E-state index in [9.17, 15) is 4.79 Å². The highest BCUT2D eigenvalue weighted by atomic mass is 79.9. The average molecular weight is 424 g/mol. The Bertz CT molecular complexity index is 775. The van der Waals surface area contributed by atoms with Gasteiger partial charge in [0.05, 0.1) is 11.6 Å². The number of methoxy groups -OCH3 is 1. The molecule has 2 heterocycles. The number of hydrogen-bond acceptors (Lipinski definition) is 6. The molecule has 1 aliphatic heterocycles. The molecule has 1 saturated heterocycles. The second-order valence-corrected chi connectivity index (χ2v) is 7.52. The maximum Gasteiger partial charge on any atom is 0.317 e. The number of halogens is 1. The summed E-state index contributed by atoms with van der Waals surface area (Å²) in [5.74, 6) is 1.58. The van der Waals surface area contributed by atoms with Crippen LogP contribution in [0.1, 0.15) is 16.6 Å². The van der Waals surface area contributed by atoms with Gasteiger partial charge in [0.2, 0.25) is 0 Å². The largest absolute Gasteiger partial charge is 0.496 e. The highest BCUT2D eigenvalue weighted by Gasteiger charge is 2.31. The highest BCUT2D eigenvalue weighted by molar-refractivity contribution is 9.10. The summed E-state index contributed by atoms with van der Waals surface area (Å²) in [5, 5.41) is -0.0308. The molecule has 1 fully saturated rings. The fourth-order valence-corrected chi connectivity index (χ4v) is 4.37. The zero-order chi connectivity index (χ0) is 17.8. The Labute approximate surface area is 159 Å². The molecule has 0 bridgehead atoms. The lowest BCUT2D eigenvalue weighted by molar-refractivity contribution is -0.133. The first-order valence-corrected chi connectivity index (χ1v) is 9.59. The van der Waals surface area contributed by atoms with Gasteiger partial charge < -0.3 is 14.4 Å². The van der Waals surface area contributed by atoms with Crippen molar-refractivity contribution in [2.24, 2.45) is 0 Å². The third-order valence-corrected chi connectivity index (χ3v) is 5.65. The van der Waals surface area contributed by atoms with Gasteiger partial charge in [-0.15, -0.1) is 11.8 Å². The molecule has 1 aromatic carbocycles. The van der Waals surface area contributed by atoms with Crippen molar-refractivity contribution in [1.82, 2.24) is 14.9 Å². The van der Waals surface area contributed by atoms with E-state index < -0.39 is 0 Å². The van der Waals surface area contributed by atoms with Crippen LogP contribution in [-0.4, -0.2) is 46.8 Å². The van der Waals surface area contributed by atoms with E-state index in [2.05, 4.69) is 25.9 Å². The van der Waals surface area contributed by atoms with Crippen molar-refractivity contribution in [3.63, 3.8) is 0 Å². The summed E-state index contributed by atoms with van der Waals surface area (Å²) >= 11 is 5.24. The van der Waals surface area contributed by atoms with Gasteiger partial charge in [0, 0.05) is 24.2 Å². The van der Waals surface area contributed by atoms with Crippen molar-refractivity contribution in [3.05, 3.63) is 46.2 Å². The highest BCUT2D eigenvalue weighted by Crippen LogP contribution is 2.40. The van der Waals surface area contributed by atoms with Gasteiger partial charge in [-0.2, -0.15) is 0 Å². The Morgan fingerprint density at radius 2 is 2.28 bits per heavy atom. The minimum absolute atomic E-state index is 0.0308. The van der Waals surface area contributed by atoms with Gasteiger partial charge in [0.1, 0.15) is 11.1 Å². The zero-order valence-corrected chi connectivity index (χ0v) is 16.3. The van der Waals surface area contributed by atoms with Crippen LogP contribution in [-0.2, 0) is 4.79 Å². The number of benzene rings is 1. The summed E-state index contributed by atoms with van der Waals surface area (Å²) in [4.78, 5) is 22.6. The molecule has 1 aromatic heterocycles. The van der Waals surface area contributed by atoms with Crippen LogP contribution in [0.15, 0.2) is 34.9 Å². The Balaban J connectivity index is 1.68. The number of rotatable bonds is 5. The number of hydrogen-bond donors (Lipinski definition) is 0. The molecular weight excluding hydrogens is 406 g/mol. The Morgan fingerprint density at radius 3 is 3.00 bits per heavy atom. The second kappa shape index (κ2) is 8.05. The van der Waals surface area contributed by atoms with Gasteiger partial charge in [-0.3, -0.25) is 4.79 Å². The van der Waals surface area contributed by atoms with E-state index in [0.717, 1.165) is 27.2 Å². The molecule has 0 aliphatic carbocycles. The van der Waals surface area contributed by atoms with Crippen molar-refractivity contribution in [2.75, 3.05) is 26.0 Å². The molecule has 6 nitrogen and oxygen atoms in total. The maximum atomic E-state index is 12.6. The summed E-state index contributed by atoms with van der Waals surface area (Å²) < 4.78 is 11.6. The molecule has 0 radical (unpaired) electrons. The van der Waals surface area contributed by atoms with Crippen LogP contribution < -0.4 is 9.47 Å². The lowest BCUT2D eigenvalue weighted by Crippen LogP contribution is -2.34. The van der Waals surface area contributed by atoms with E-state index in [1.807, 2.05) is 30.0 Å². The van der Waals surface area contributed by atoms with Crippen LogP contribution in [0.5, 0.6) is 11.8 Å². The number of carbonyl (C=O) groups excluding carboxylic acids is 1. The van der Waals surface area contributed by atoms with Gasteiger partial charge in [0.25, 0.3) is 5.91 Å².